The molecule has 1 aromatic rings. The Labute approximate surface area is 141 Å². The van der Waals surface area contributed by atoms with Crippen molar-refractivity contribution in [1.82, 2.24) is 10.2 Å². The summed E-state index contributed by atoms with van der Waals surface area (Å²) in [6.45, 7) is 4.74. The van der Waals surface area contributed by atoms with Gasteiger partial charge in [0, 0.05) is 30.7 Å². The van der Waals surface area contributed by atoms with E-state index in [1.54, 1.807) is 18.2 Å². The summed E-state index contributed by atoms with van der Waals surface area (Å²) in [6, 6.07) is 5.39. The molecule has 1 N–H and O–H groups in total. The summed E-state index contributed by atoms with van der Waals surface area (Å²) >= 11 is 11.8. The second kappa shape index (κ2) is 8.69. The van der Waals surface area contributed by atoms with Crippen LogP contribution in [0.5, 0.6) is 5.75 Å². The minimum Gasteiger partial charge on any atom is -0.491 e. The Morgan fingerprint density at radius 3 is 2.90 bits per heavy atom. The van der Waals surface area contributed by atoms with Crippen LogP contribution in [0.1, 0.15) is 13.3 Å². The van der Waals surface area contributed by atoms with Crippen molar-refractivity contribution in [3.8, 4) is 5.75 Å². The minimum absolute atomic E-state index is 0. The lowest BCUT2D eigenvalue weighted by molar-refractivity contribution is -0.132. The third-order valence-corrected chi connectivity index (χ3v) is 3.72. The van der Waals surface area contributed by atoms with Gasteiger partial charge in [-0.2, -0.15) is 0 Å². The van der Waals surface area contributed by atoms with Gasteiger partial charge in [-0.05, 0) is 25.1 Å². The van der Waals surface area contributed by atoms with Gasteiger partial charge in [0.25, 0.3) is 0 Å². The summed E-state index contributed by atoms with van der Waals surface area (Å²) < 4.78 is 5.53. The number of hydrogen-bond acceptors (Lipinski definition) is 3. The molecule has 4 nitrogen and oxygen atoms in total. The molecule has 7 heteroatoms. The van der Waals surface area contributed by atoms with E-state index in [0.29, 0.717) is 34.9 Å². The number of halogens is 3. The molecule has 1 atom stereocenters. The quantitative estimate of drug-likeness (QED) is 0.905. The zero-order valence-electron chi connectivity index (χ0n) is 11.8. The average Bonchev–Trinajstić information content (AvgIpc) is 2.41. The Hall–Kier alpha value is -0.680. The molecule has 1 aliphatic heterocycles. The molecule has 1 fully saturated rings. The van der Waals surface area contributed by atoms with Gasteiger partial charge in [0.1, 0.15) is 5.75 Å². The lowest BCUT2D eigenvalue weighted by atomic mass is 10.2. The fraction of sp³-hybridized carbons (Fsp3) is 0.500. The van der Waals surface area contributed by atoms with Gasteiger partial charge >= 0.3 is 0 Å². The zero-order chi connectivity index (χ0) is 14.5. The van der Waals surface area contributed by atoms with Crippen LogP contribution in [0.15, 0.2) is 18.2 Å². The predicted octanol–water partition coefficient (Wildman–Crippen LogP) is 3.00. The monoisotopic (exact) mass is 352 g/mol. The second-order valence-corrected chi connectivity index (χ2v) is 5.71. The number of piperazine rings is 1. The molecule has 1 aliphatic rings. The van der Waals surface area contributed by atoms with E-state index < -0.39 is 0 Å². The van der Waals surface area contributed by atoms with Crippen LogP contribution in [0.3, 0.4) is 0 Å². The van der Waals surface area contributed by atoms with E-state index in [2.05, 4.69) is 12.2 Å². The number of carbonyl (C=O) groups excluding carboxylic acids is 1. The maximum absolute atomic E-state index is 12.0. The second-order valence-electron chi connectivity index (χ2n) is 4.87. The molecule has 2 rings (SSSR count). The van der Waals surface area contributed by atoms with Crippen molar-refractivity contribution in [2.24, 2.45) is 0 Å². The van der Waals surface area contributed by atoms with Crippen LogP contribution >= 0.6 is 35.6 Å². The Balaban J connectivity index is 0.00000220. The molecular weight excluding hydrogens is 335 g/mol. The van der Waals surface area contributed by atoms with Gasteiger partial charge in [-0.15, -0.1) is 12.4 Å². The number of benzene rings is 1. The van der Waals surface area contributed by atoms with Crippen molar-refractivity contribution < 1.29 is 9.53 Å². The Kier molecular flexibility index (Phi) is 7.60. The smallest absolute Gasteiger partial charge is 0.226 e. The molecule has 0 radical (unpaired) electrons. The van der Waals surface area contributed by atoms with Crippen molar-refractivity contribution in [2.45, 2.75) is 19.4 Å². The van der Waals surface area contributed by atoms with Crippen molar-refractivity contribution in [3.05, 3.63) is 28.2 Å². The third-order valence-electron chi connectivity index (χ3n) is 3.19. The van der Waals surface area contributed by atoms with Crippen molar-refractivity contribution in [3.63, 3.8) is 0 Å². The van der Waals surface area contributed by atoms with E-state index in [9.17, 15) is 4.79 Å². The number of nitrogens with one attached hydrogen (secondary N) is 1. The third kappa shape index (κ3) is 5.55. The normalized spacial score (nSPS) is 18.0. The molecule has 0 bridgehead atoms. The van der Waals surface area contributed by atoms with E-state index >= 15 is 0 Å². The summed E-state index contributed by atoms with van der Waals surface area (Å²) in [7, 11) is 0. The average molecular weight is 354 g/mol. The first kappa shape index (κ1) is 18.4. The van der Waals surface area contributed by atoms with Crippen molar-refractivity contribution in [2.75, 3.05) is 26.2 Å². The topological polar surface area (TPSA) is 41.6 Å². The number of hydrogen-bond donors (Lipinski definition) is 1. The standard InChI is InChI=1S/C14H18Cl2N2O2.ClH/c1-10-9-18(6-5-17-10)14(19)4-7-20-13-3-2-11(15)8-12(13)16;/h2-3,8,10,17H,4-7,9H2,1H3;1H. The summed E-state index contributed by atoms with van der Waals surface area (Å²) in [5.41, 5.74) is 0. The van der Waals surface area contributed by atoms with E-state index in [1.165, 1.54) is 0 Å². The Morgan fingerprint density at radius 2 is 2.24 bits per heavy atom. The maximum Gasteiger partial charge on any atom is 0.226 e. The lowest BCUT2D eigenvalue weighted by Crippen LogP contribution is -2.51. The first-order valence-corrected chi connectivity index (χ1v) is 7.41. The number of ether oxygens (including phenoxy) is 1. The molecular formula is C14H19Cl3N2O2. The number of carbonyl (C=O) groups is 1. The summed E-state index contributed by atoms with van der Waals surface area (Å²) in [5.74, 6) is 0.668. The number of rotatable bonds is 4. The predicted molar refractivity (Wildman–Crippen MR) is 87.9 cm³/mol. The molecule has 0 aromatic heterocycles. The van der Waals surface area contributed by atoms with Crippen LogP contribution in [-0.2, 0) is 4.79 Å². The highest BCUT2D eigenvalue weighted by Crippen LogP contribution is 2.27. The molecule has 0 saturated carbocycles. The molecule has 1 saturated heterocycles. The highest BCUT2D eigenvalue weighted by molar-refractivity contribution is 6.35. The van der Waals surface area contributed by atoms with Crippen LogP contribution in [0.4, 0.5) is 0 Å². The first-order valence-electron chi connectivity index (χ1n) is 6.65. The fourth-order valence-electron chi connectivity index (χ4n) is 2.16. The lowest BCUT2D eigenvalue weighted by Gasteiger charge is -2.31. The van der Waals surface area contributed by atoms with Crippen molar-refractivity contribution >= 4 is 41.5 Å². The van der Waals surface area contributed by atoms with Gasteiger partial charge in [0.05, 0.1) is 18.1 Å². The van der Waals surface area contributed by atoms with Gasteiger partial charge in [-0.1, -0.05) is 23.2 Å². The maximum atomic E-state index is 12.0. The van der Waals surface area contributed by atoms with Gasteiger partial charge in [-0.25, -0.2) is 0 Å². The largest absolute Gasteiger partial charge is 0.491 e. The zero-order valence-corrected chi connectivity index (χ0v) is 14.1. The highest BCUT2D eigenvalue weighted by Gasteiger charge is 2.20. The minimum atomic E-state index is 0. The van der Waals surface area contributed by atoms with Gasteiger partial charge in [0.15, 0.2) is 0 Å². The highest BCUT2D eigenvalue weighted by atomic mass is 35.5. The molecule has 1 amide bonds. The molecule has 21 heavy (non-hydrogen) atoms. The van der Waals surface area contributed by atoms with Crippen LogP contribution in [0.2, 0.25) is 10.0 Å². The van der Waals surface area contributed by atoms with Crippen LogP contribution < -0.4 is 10.1 Å². The van der Waals surface area contributed by atoms with E-state index in [1.807, 2.05) is 4.90 Å². The molecule has 1 unspecified atom stereocenters. The fourth-order valence-corrected chi connectivity index (χ4v) is 2.62. The van der Waals surface area contributed by atoms with E-state index in [4.69, 9.17) is 27.9 Å². The molecule has 1 heterocycles. The summed E-state index contributed by atoms with van der Waals surface area (Å²) in [6.07, 6.45) is 0.353. The van der Waals surface area contributed by atoms with E-state index in [0.717, 1.165) is 19.6 Å². The molecule has 118 valence electrons. The van der Waals surface area contributed by atoms with Crippen molar-refractivity contribution in [1.29, 1.82) is 0 Å². The van der Waals surface area contributed by atoms with Crippen LogP contribution in [-0.4, -0.2) is 43.1 Å². The van der Waals surface area contributed by atoms with Gasteiger partial charge in [-0.3, -0.25) is 4.79 Å². The van der Waals surface area contributed by atoms with Gasteiger partial charge in [0.2, 0.25) is 5.91 Å². The van der Waals surface area contributed by atoms with Crippen LogP contribution in [0, 0.1) is 0 Å². The summed E-state index contributed by atoms with van der Waals surface area (Å²) in [5, 5.41) is 4.33. The first-order chi connectivity index (χ1) is 9.56. The number of amides is 1. The number of nitrogens with zero attached hydrogens (tertiary/aromatic N) is 1. The Bertz CT molecular complexity index is 485. The van der Waals surface area contributed by atoms with Crippen LogP contribution in [0.25, 0.3) is 0 Å². The molecule has 0 aliphatic carbocycles. The molecule has 1 aromatic carbocycles. The molecule has 0 spiro atoms. The van der Waals surface area contributed by atoms with Gasteiger partial charge < -0.3 is 15.0 Å². The SMILES string of the molecule is CC1CN(C(=O)CCOc2ccc(Cl)cc2Cl)CCN1.Cl. The summed E-state index contributed by atoms with van der Waals surface area (Å²) in [4.78, 5) is 13.9. The van der Waals surface area contributed by atoms with E-state index in [-0.39, 0.29) is 18.3 Å². The Morgan fingerprint density at radius 1 is 1.48 bits per heavy atom.